The van der Waals surface area contributed by atoms with Gasteiger partial charge in [-0.1, -0.05) is 0 Å². The van der Waals surface area contributed by atoms with Crippen LogP contribution in [0.5, 0.6) is 5.88 Å². The molecule has 6 rings (SSSR count). The third-order valence-corrected chi connectivity index (χ3v) is 8.13. The summed E-state index contributed by atoms with van der Waals surface area (Å²) in [5.74, 6) is -0.542. The molecule has 0 aromatic carbocycles. The molecular formula is C27H31FN8O3. The van der Waals surface area contributed by atoms with Crippen molar-refractivity contribution in [2.45, 2.75) is 50.6 Å². The van der Waals surface area contributed by atoms with Crippen LogP contribution in [0.25, 0.3) is 11.3 Å². The van der Waals surface area contributed by atoms with Crippen molar-refractivity contribution < 1.29 is 18.7 Å². The summed E-state index contributed by atoms with van der Waals surface area (Å²) in [6.45, 7) is 4.00. The van der Waals surface area contributed by atoms with Crippen molar-refractivity contribution in [2.24, 2.45) is 5.92 Å². The molecule has 1 saturated carbocycles. The fourth-order valence-corrected chi connectivity index (χ4v) is 5.86. The van der Waals surface area contributed by atoms with Crippen molar-refractivity contribution in [1.82, 2.24) is 35.6 Å². The van der Waals surface area contributed by atoms with Crippen molar-refractivity contribution in [2.75, 3.05) is 31.6 Å². The zero-order valence-electron chi connectivity index (χ0n) is 22.0. The molecule has 1 spiro atoms. The number of hydrogen-bond acceptors (Lipinski definition) is 8. The fraction of sp³-hybridized carbons (Fsp3) is 0.481. The minimum atomic E-state index is -0.551. The zero-order chi connectivity index (χ0) is 27.1. The molecule has 0 radical (unpaired) electrons. The van der Waals surface area contributed by atoms with Crippen LogP contribution in [0.15, 0.2) is 30.6 Å². The normalized spacial score (nSPS) is 21.7. The Balaban J connectivity index is 1.08. The fourth-order valence-electron chi connectivity index (χ4n) is 5.86. The number of pyridine rings is 1. The number of nitrogens with one attached hydrogen (secondary N) is 2. The van der Waals surface area contributed by atoms with Gasteiger partial charge in [0.25, 0.3) is 5.91 Å². The lowest BCUT2D eigenvalue weighted by atomic mass is 9.87. The van der Waals surface area contributed by atoms with Gasteiger partial charge in [-0.25, -0.2) is 9.37 Å². The number of amides is 2. The third kappa shape index (κ3) is 4.90. The topological polar surface area (TPSA) is 129 Å². The monoisotopic (exact) mass is 534 g/mol. The van der Waals surface area contributed by atoms with E-state index in [0.29, 0.717) is 30.8 Å². The number of H-pyrrole nitrogens is 1. The van der Waals surface area contributed by atoms with Crippen LogP contribution in [-0.2, 0) is 4.79 Å². The molecule has 11 nitrogen and oxygen atoms in total. The number of piperidine rings is 1. The highest BCUT2D eigenvalue weighted by molar-refractivity contribution is 5.94. The summed E-state index contributed by atoms with van der Waals surface area (Å²) in [7, 11) is 1.45. The number of carbonyl (C=O) groups is 2. The molecule has 0 bridgehead atoms. The lowest BCUT2D eigenvalue weighted by Crippen LogP contribution is -2.52. The summed E-state index contributed by atoms with van der Waals surface area (Å²) in [5, 5.41) is 18.3. The van der Waals surface area contributed by atoms with E-state index >= 15 is 0 Å². The van der Waals surface area contributed by atoms with Crippen LogP contribution in [0, 0.1) is 18.7 Å². The zero-order valence-corrected chi connectivity index (χ0v) is 22.0. The van der Waals surface area contributed by atoms with Crippen LogP contribution in [-0.4, -0.2) is 80.4 Å². The SMILES string of the molecule is COc1cc(-c2cc(C(=O)N3CC[C@H](C(=O)N[C@H]4CCN(c5cnnc(C)c5)C4)CC34CC4)[nH]n2)c(F)cn1. The minimum absolute atomic E-state index is 0.0650. The smallest absolute Gasteiger partial charge is 0.272 e. The second-order valence-corrected chi connectivity index (χ2v) is 10.7. The predicted molar refractivity (Wildman–Crippen MR) is 140 cm³/mol. The molecule has 1 aliphatic carbocycles. The first kappa shape index (κ1) is 25.2. The largest absolute Gasteiger partial charge is 0.481 e. The molecule has 0 unspecified atom stereocenters. The van der Waals surface area contributed by atoms with Gasteiger partial charge in [0.2, 0.25) is 11.8 Å². The average Bonchev–Trinajstić information content (AvgIpc) is 3.31. The first-order chi connectivity index (χ1) is 18.8. The van der Waals surface area contributed by atoms with Gasteiger partial charge >= 0.3 is 0 Å². The number of rotatable bonds is 6. The van der Waals surface area contributed by atoms with Gasteiger partial charge < -0.3 is 19.9 Å². The van der Waals surface area contributed by atoms with Crippen LogP contribution >= 0.6 is 0 Å². The van der Waals surface area contributed by atoms with E-state index in [2.05, 4.69) is 35.6 Å². The molecule has 2 aliphatic heterocycles. The van der Waals surface area contributed by atoms with E-state index in [1.807, 2.05) is 17.9 Å². The number of carbonyl (C=O) groups excluding carboxylic acids is 2. The Hall–Kier alpha value is -4.09. The van der Waals surface area contributed by atoms with E-state index < -0.39 is 5.82 Å². The van der Waals surface area contributed by atoms with Crippen LogP contribution < -0.4 is 15.0 Å². The number of likely N-dealkylation sites (tertiary alicyclic amines) is 1. The molecule has 3 aromatic heterocycles. The summed E-state index contributed by atoms with van der Waals surface area (Å²) < 4.78 is 19.5. The molecule has 2 amide bonds. The number of anilines is 1. The molecule has 3 fully saturated rings. The van der Waals surface area contributed by atoms with Gasteiger partial charge in [0.05, 0.1) is 36.6 Å². The van der Waals surface area contributed by atoms with Crippen LogP contribution in [0.2, 0.25) is 0 Å². The number of methoxy groups -OCH3 is 1. The van der Waals surface area contributed by atoms with E-state index in [9.17, 15) is 14.0 Å². The van der Waals surface area contributed by atoms with Crippen molar-refractivity contribution >= 4 is 17.5 Å². The van der Waals surface area contributed by atoms with E-state index in [4.69, 9.17) is 4.74 Å². The van der Waals surface area contributed by atoms with Gasteiger partial charge in [-0.05, 0) is 51.2 Å². The highest BCUT2D eigenvalue weighted by atomic mass is 19.1. The number of aromatic amines is 1. The number of aryl methyl sites for hydroxylation is 1. The number of aromatic nitrogens is 5. The van der Waals surface area contributed by atoms with Crippen LogP contribution in [0.1, 0.15) is 48.3 Å². The van der Waals surface area contributed by atoms with E-state index in [1.54, 1.807) is 12.3 Å². The van der Waals surface area contributed by atoms with Crippen LogP contribution in [0.3, 0.4) is 0 Å². The van der Waals surface area contributed by atoms with Gasteiger partial charge in [-0.3, -0.25) is 14.7 Å². The summed E-state index contributed by atoms with van der Waals surface area (Å²) in [6, 6.07) is 5.09. The Labute approximate surface area is 225 Å². The molecule has 2 N–H and O–H groups in total. The Morgan fingerprint density at radius 1 is 1.18 bits per heavy atom. The number of hydrogen-bond donors (Lipinski definition) is 2. The lowest BCUT2D eigenvalue weighted by molar-refractivity contribution is -0.127. The van der Waals surface area contributed by atoms with Gasteiger partial charge in [0.1, 0.15) is 5.69 Å². The first-order valence-corrected chi connectivity index (χ1v) is 13.3. The molecular weight excluding hydrogens is 503 g/mol. The first-order valence-electron chi connectivity index (χ1n) is 13.3. The summed E-state index contributed by atoms with van der Waals surface area (Å²) >= 11 is 0. The Morgan fingerprint density at radius 2 is 2.03 bits per heavy atom. The molecule has 3 aliphatic rings. The highest BCUT2D eigenvalue weighted by Crippen LogP contribution is 2.50. The summed E-state index contributed by atoms with van der Waals surface area (Å²) in [4.78, 5) is 34.6. The number of halogens is 1. The van der Waals surface area contributed by atoms with Gasteiger partial charge in [-0.15, -0.1) is 0 Å². The molecule has 39 heavy (non-hydrogen) atoms. The third-order valence-electron chi connectivity index (χ3n) is 8.13. The van der Waals surface area contributed by atoms with Gasteiger partial charge in [0, 0.05) is 48.8 Å². The number of ether oxygens (including phenoxy) is 1. The van der Waals surface area contributed by atoms with E-state index in [1.165, 1.54) is 13.2 Å². The van der Waals surface area contributed by atoms with Crippen molar-refractivity contribution in [1.29, 1.82) is 0 Å². The second-order valence-electron chi connectivity index (χ2n) is 10.7. The molecule has 3 aromatic rings. The van der Waals surface area contributed by atoms with Crippen LogP contribution in [0.4, 0.5) is 10.1 Å². The second kappa shape index (κ2) is 9.90. The Bertz CT molecular complexity index is 1410. The van der Waals surface area contributed by atoms with E-state index in [-0.39, 0.29) is 40.8 Å². The standard InChI is InChI=1S/C27H31FN8O3/c1-16-9-19(13-30-32-16)35-7-4-18(15-35)31-25(37)17-3-8-36(27(12-17)5-6-27)26(38)23-11-22(33-34-23)20-10-24(39-2)29-14-21(20)28/h9-11,13-14,17-18H,3-8,12,15H2,1-2H3,(H,31,37)(H,33,34)/t17-,18-/m0/s1. The summed E-state index contributed by atoms with van der Waals surface area (Å²) in [6.07, 6.45) is 6.68. The maximum absolute atomic E-state index is 14.4. The Kier molecular flexibility index (Phi) is 6.40. The van der Waals surface area contributed by atoms with Gasteiger partial charge in [0.15, 0.2) is 5.82 Å². The maximum atomic E-state index is 14.4. The van der Waals surface area contributed by atoms with E-state index in [0.717, 1.165) is 49.9 Å². The molecule has 204 valence electrons. The molecule has 12 heteroatoms. The highest BCUT2D eigenvalue weighted by Gasteiger charge is 2.54. The quantitative estimate of drug-likeness (QED) is 0.494. The predicted octanol–water partition coefficient (Wildman–Crippen LogP) is 2.50. The van der Waals surface area contributed by atoms with Crippen molar-refractivity contribution in [3.05, 3.63) is 47.8 Å². The van der Waals surface area contributed by atoms with Gasteiger partial charge in [-0.2, -0.15) is 15.3 Å². The molecule has 2 atom stereocenters. The van der Waals surface area contributed by atoms with Crippen molar-refractivity contribution in [3.8, 4) is 17.1 Å². The molecule has 2 saturated heterocycles. The minimum Gasteiger partial charge on any atom is -0.481 e. The summed E-state index contributed by atoms with van der Waals surface area (Å²) in [5.41, 5.74) is 2.38. The van der Waals surface area contributed by atoms with Crippen molar-refractivity contribution in [3.63, 3.8) is 0 Å². The maximum Gasteiger partial charge on any atom is 0.272 e. The molecule has 5 heterocycles. The Morgan fingerprint density at radius 3 is 2.79 bits per heavy atom. The number of nitrogens with zero attached hydrogens (tertiary/aromatic N) is 6. The average molecular weight is 535 g/mol. The lowest BCUT2D eigenvalue weighted by Gasteiger charge is -2.39.